The van der Waals surface area contributed by atoms with Gasteiger partial charge in [0.25, 0.3) is 0 Å². The van der Waals surface area contributed by atoms with E-state index in [-0.39, 0.29) is 11.3 Å². The minimum atomic E-state index is -0.396. The third-order valence-corrected chi connectivity index (χ3v) is 0.983. The monoisotopic (exact) mass is 142 g/mol. The molecule has 0 fully saturated rings. The van der Waals surface area contributed by atoms with Crippen LogP contribution in [0.25, 0.3) is 0 Å². The van der Waals surface area contributed by atoms with Gasteiger partial charge in [-0.1, -0.05) is 0 Å². The number of ketones is 1. The van der Waals surface area contributed by atoms with Crippen LogP contribution in [0, 0.1) is 5.41 Å². The van der Waals surface area contributed by atoms with E-state index in [1.54, 1.807) is 0 Å². The molecule has 0 radical (unpaired) electrons. The third-order valence-electron chi connectivity index (χ3n) is 0.983. The van der Waals surface area contributed by atoms with Crippen LogP contribution in [0.2, 0.25) is 0 Å². The average Bonchev–Trinajstić information content (AvgIpc) is 1.59. The number of amidine groups is 1. The molecule has 0 unspecified atom stereocenters. The van der Waals surface area contributed by atoms with Crippen molar-refractivity contribution in [3.05, 3.63) is 11.3 Å². The fourth-order valence-electron chi connectivity index (χ4n) is 0.639. The first-order valence-corrected chi connectivity index (χ1v) is 2.72. The lowest BCUT2D eigenvalue weighted by molar-refractivity contribution is -0.113. The Labute approximate surface area is 58.9 Å². The number of carbonyl (C=O) groups excluding carboxylic acids is 1. The van der Waals surface area contributed by atoms with Crippen molar-refractivity contribution in [1.82, 2.24) is 0 Å². The molecule has 0 bridgehead atoms. The van der Waals surface area contributed by atoms with E-state index in [1.807, 2.05) is 0 Å². The summed E-state index contributed by atoms with van der Waals surface area (Å²) < 4.78 is 0. The molecule has 0 aromatic rings. The summed E-state index contributed by atoms with van der Waals surface area (Å²) in [5, 5.41) is 15.6. The van der Waals surface area contributed by atoms with E-state index in [0.29, 0.717) is 0 Å². The summed E-state index contributed by atoms with van der Waals surface area (Å²) in [4.78, 5) is 10.6. The Morgan fingerprint density at radius 3 is 1.90 bits per heavy atom. The number of nitrogens with two attached hydrogens (primary N) is 1. The maximum atomic E-state index is 10.6. The zero-order valence-electron chi connectivity index (χ0n) is 5.93. The average molecular weight is 142 g/mol. The molecule has 0 aliphatic carbocycles. The van der Waals surface area contributed by atoms with Gasteiger partial charge in [0.2, 0.25) is 0 Å². The van der Waals surface area contributed by atoms with Crippen LogP contribution in [0.3, 0.4) is 0 Å². The van der Waals surface area contributed by atoms with Crippen LogP contribution in [-0.4, -0.2) is 16.7 Å². The van der Waals surface area contributed by atoms with E-state index in [1.165, 1.54) is 13.8 Å². The van der Waals surface area contributed by atoms with Crippen molar-refractivity contribution in [2.24, 2.45) is 5.73 Å². The van der Waals surface area contributed by atoms with Gasteiger partial charge in [-0.05, 0) is 13.8 Å². The standard InChI is InChI=1S/C6H10N2O2/c1-3(9)5(4(2)10)6(7)8/h9H,1-2H3,(H3,7,8)/b5-3+. The second-order valence-electron chi connectivity index (χ2n) is 1.93. The van der Waals surface area contributed by atoms with E-state index >= 15 is 0 Å². The highest BCUT2D eigenvalue weighted by Gasteiger charge is 2.10. The number of hydrogen-bond acceptors (Lipinski definition) is 3. The molecule has 10 heavy (non-hydrogen) atoms. The van der Waals surface area contributed by atoms with Gasteiger partial charge in [0.15, 0.2) is 5.78 Å². The molecule has 0 aromatic heterocycles. The summed E-state index contributed by atoms with van der Waals surface area (Å²) in [6, 6.07) is 0. The summed E-state index contributed by atoms with van der Waals surface area (Å²) in [6.45, 7) is 2.56. The van der Waals surface area contributed by atoms with Crippen molar-refractivity contribution in [2.75, 3.05) is 0 Å². The van der Waals surface area contributed by atoms with Gasteiger partial charge in [-0.2, -0.15) is 0 Å². The Morgan fingerprint density at radius 2 is 1.90 bits per heavy atom. The van der Waals surface area contributed by atoms with Crippen LogP contribution >= 0.6 is 0 Å². The highest BCUT2D eigenvalue weighted by Crippen LogP contribution is 2.00. The van der Waals surface area contributed by atoms with Crippen LogP contribution < -0.4 is 5.73 Å². The Morgan fingerprint density at radius 1 is 1.50 bits per heavy atom. The molecule has 4 nitrogen and oxygen atoms in total. The lowest BCUT2D eigenvalue weighted by atomic mass is 10.1. The minimum Gasteiger partial charge on any atom is -0.512 e. The molecule has 0 saturated carbocycles. The molecule has 0 aromatic carbocycles. The maximum absolute atomic E-state index is 10.6. The number of carbonyl (C=O) groups is 1. The van der Waals surface area contributed by atoms with E-state index in [9.17, 15) is 4.79 Å². The molecule has 4 N–H and O–H groups in total. The van der Waals surface area contributed by atoms with E-state index < -0.39 is 11.6 Å². The summed E-state index contributed by atoms with van der Waals surface area (Å²) in [6.07, 6.45) is 0. The van der Waals surface area contributed by atoms with Crippen LogP contribution in [0.1, 0.15) is 13.8 Å². The number of Topliss-reactive ketones (excluding diaryl/α,β-unsaturated/α-hetero) is 1. The molecule has 0 atom stereocenters. The molecule has 0 aliphatic rings. The van der Waals surface area contributed by atoms with Crippen molar-refractivity contribution in [3.8, 4) is 0 Å². The number of aliphatic hydroxyl groups is 1. The van der Waals surface area contributed by atoms with E-state index in [0.717, 1.165) is 0 Å². The smallest absolute Gasteiger partial charge is 0.166 e. The van der Waals surface area contributed by atoms with Gasteiger partial charge < -0.3 is 10.8 Å². The highest BCUT2D eigenvalue weighted by atomic mass is 16.3. The first kappa shape index (κ1) is 8.68. The van der Waals surface area contributed by atoms with Crippen LogP contribution in [0.15, 0.2) is 11.3 Å². The first-order chi connectivity index (χ1) is 4.46. The summed E-state index contributed by atoms with van der Waals surface area (Å²) >= 11 is 0. The third kappa shape index (κ3) is 1.89. The molecule has 4 heteroatoms. The van der Waals surface area contributed by atoms with Gasteiger partial charge in [-0.3, -0.25) is 10.2 Å². The molecule has 0 saturated heterocycles. The summed E-state index contributed by atoms with van der Waals surface area (Å²) in [5.74, 6) is -1.000. The van der Waals surface area contributed by atoms with Gasteiger partial charge in [-0.15, -0.1) is 0 Å². The molecule has 0 aliphatic heterocycles. The molecule has 0 amide bonds. The van der Waals surface area contributed by atoms with Crippen LogP contribution in [0.5, 0.6) is 0 Å². The van der Waals surface area contributed by atoms with Crippen molar-refractivity contribution in [3.63, 3.8) is 0 Å². The summed E-state index contributed by atoms with van der Waals surface area (Å²) in [5.41, 5.74) is 4.87. The van der Waals surface area contributed by atoms with Gasteiger partial charge >= 0.3 is 0 Å². The normalized spacial score (nSPS) is 12.2. The second kappa shape index (κ2) is 3.00. The van der Waals surface area contributed by atoms with Crippen molar-refractivity contribution < 1.29 is 9.90 Å². The number of aliphatic hydroxyl groups excluding tert-OH is 1. The lowest BCUT2D eigenvalue weighted by Gasteiger charge is -2.00. The first-order valence-electron chi connectivity index (χ1n) is 2.72. The Balaban J connectivity index is 4.79. The number of allylic oxidation sites excluding steroid dienone is 1. The predicted molar refractivity (Wildman–Crippen MR) is 37.9 cm³/mol. The van der Waals surface area contributed by atoms with Crippen molar-refractivity contribution in [1.29, 1.82) is 5.41 Å². The van der Waals surface area contributed by atoms with Gasteiger partial charge in [0.05, 0.1) is 5.57 Å². The molecule has 56 valence electrons. The second-order valence-corrected chi connectivity index (χ2v) is 1.93. The fourth-order valence-corrected chi connectivity index (χ4v) is 0.639. The van der Waals surface area contributed by atoms with Gasteiger partial charge in [0.1, 0.15) is 11.6 Å². The molecular formula is C6H10N2O2. The fraction of sp³-hybridized carbons (Fsp3) is 0.333. The lowest BCUT2D eigenvalue weighted by Crippen LogP contribution is -2.19. The van der Waals surface area contributed by atoms with Crippen LogP contribution in [-0.2, 0) is 4.79 Å². The quantitative estimate of drug-likeness (QED) is 0.225. The summed E-state index contributed by atoms with van der Waals surface area (Å²) in [7, 11) is 0. The Hall–Kier alpha value is -1.32. The highest BCUT2D eigenvalue weighted by molar-refractivity contribution is 6.19. The number of rotatable bonds is 2. The van der Waals surface area contributed by atoms with Crippen LogP contribution in [0.4, 0.5) is 0 Å². The molecule has 0 heterocycles. The Kier molecular flexibility index (Phi) is 2.61. The number of nitrogens with one attached hydrogen (secondary N) is 1. The zero-order valence-corrected chi connectivity index (χ0v) is 5.93. The van der Waals surface area contributed by atoms with Crippen molar-refractivity contribution >= 4 is 11.6 Å². The largest absolute Gasteiger partial charge is 0.512 e. The number of hydrogen-bond donors (Lipinski definition) is 3. The van der Waals surface area contributed by atoms with E-state index in [4.69, 9.17) is 16.2 Å². The minimum absolute atomic E-state index is 0.111. The van der Waals surface area contributed by atoms with Crippen molar-refractivity contribution in [2.45, 2.75) is 13.8 Å². The van der Waals surface area contributed by atoms with Gasteiger partial charge in [0, 0.05) is 0 Å². The molecule has 0 spiro atoms. The zero-order chi connectivity index (χ0) is 8.31. The van der Waals surface area contributed by atoms with Gasteiger partial charge in [-0.25, -0.2) is 0 Å². The maximum Gasteiger partial charge on any atom is 0.166 e. The SMILES string of the molecule is CC(=O)/C(C(=N)N)=C(/C)O. The Bertz CT molecular complexity index is 186. The van der Waals surface area contributed by atoms with E-state index in [2.05, 4.69) is 0 Å². The topological polar surface area (TPSA) is 87.2 Å². The predicted octanol–water partition coefficient (Wildman–Crippen LogP) is 0.343. The molecular weight excluding hydrogens is 132 g/mol. The molecule has 0 rings (SSSR count).